The molecule has 132 valence electrons. The number of carbonyl (C=O) groups is 1. The van der Waals surface area contributed by atoms with Crippen LogP contribution >= 0.6 is 0 Å². The Morgan fingerprint density at radius 3 is 2.64 bits per heavy atom. The second kappa shape index (κ2) is 7.26. The van der Waals surface area contributed by atoms with E-state index in [9.17, 15) is 17.6 Å². The van der Waals surface area contributed by atoms with Crippen LogP contribution in [0.2, 0.25) is 0 Å². The molecule has 7 nitrogen and oxygen atoms in total. The first-order chi connectivity index (χ1) is 12.0. The minimum atomic E-state index is -3.82. The average Bonchev–Trinajstić information content (AvgIpc) is 2.63. The average molecular weight is 365 g/mol. The Morgan fingerprint density at radius 1 is 1.20 bits per heavy atom. The molecule has 0 bridgehead atoms. The van der Waals surface area contributed by atoms with Gasteiger partial charge in [0.2, 0.25) is 10.0 Å². The number of anilines is 1. The van der Waals surface area contributed by atoms with E-state index >= 15 is 0 Å². The van der Waals surface area contributed by atoms with Crippen LogP contribution < -0.4 is 5.32 Å². The van der Waals surface area contributed by atoms with Crippen LogP contribution in [0.15, 0.2) is 47.5 Å². The zero-order valence-electron chi connectivity index (χ0n) is 13.2. The van der Waals surface area contributed by atoms with Gasteiger partial charge < -0.3 is 10.1 Å². The van der Waals surface area contributed by atoms with E-state index in [2.05, 4.69) is 10.3 Å². The SMILES string of the molecule is O=C(Nc1ccccn1)c1cc(S(=O)(=O)N2CCOCC2)ccc1F. The molecule has 1 aromatic carbocycles. The van der Waals surface area contributed by atoms with Crippen molar-refractivity contribution in [3.05, 3.63) is 54.0 Å². The fraction of sp³-hybridized carbons (Fsp3) is 0.250. The Hall–Kier alpha value is -2.36. The van der Waals surface area contributed by atoms with E-state index in [1.54, 1.807) is 18.2 Å². The first-order valence-electron chi connectivity index (χ1n) is 7.58. The predicted molar refractivity (Wildman–Crippen MR) is 88.2 cm³/mol. The number of hydrogen-bond acceptors (Lipinski definition) is 5. The predicted octanol–water partition coefficient (Wildman–Crippen LogP) is 1.49. The van der Waals surface area contributed by atoms with Crippen molar-refractivity contribution in [3.63, 3.8) is 0 Å². The molecule has 25 heavy (non-hydrogen) atoms. The molecule has 1 amide bonds. The van der Waals surface area contributed by atoms with E-state index in [4.69, 9.17) is 4.74 Å². The number of sulfonamides is 1. The van der Waals surface area contributed by atoms with Crippen molar-refractivity contribution in [2.45, 2.75) is 4.90 Å². The molecule has 3 rings (SSSR count). The Labute approximate surface area is 144 Å². The number of pyridine rings is 1. The lowest BCUT2D eigenvalue weighted by Gasteiger charge is -2.26. The van der Waals surface area contributed by atoms with Gasteiger partial charge in [-0.25, -0.2) is 17.8 Å². The Bertz CT molecular complexity index is 868. The van der Waals surface area contributed by atoms with Crippen LogP contribution in [0.3, 0.4) is 0 Å². The van der Waals surface area contributed by atoms with Crippen molar-refractivity contribution in [1.29, 1.82) is 0 Å². The summed E-state index contributed by atoms with van der Waals surface area (Å²) in [5.74, 6) is -1.34. The molecule has 1 fully saturated rings. The first kappa shape index (κ1) is 17.5. The fourth-order valence-corrected chi connectivity index (χ4v) is 3.83. The van der Waals surface area contributed by atoms with Crippen LogP contribution in [0.1, 0.15) is 10.4 Å². The molecule has 2 heterocycles. The highest BCUT2D eigenvalue weighted by Crippen LogP contribution is 2.21. The molecular weight excluding hydrogens is 349 g/mol. The Morgan fingerprint density at radius 2 is 1.96 bits per heavy atom. The molecule has 9 heteroatoms. The van der Waals surface area contributed by atoms with E-state index in [0.717, 1.165) is 18.2 Å². The number of hydrogen-bond donors (Lipinski definition) is 1. The van der Waals surface area contributed by atoms with Crippen molar-refractivity contribution < 1.29 is 22.3 Å². The smallest absolute Gasteiger partial charge is 0.259 e. The van der Waals surface area contributed by atoms with Gasteiger partial charge in [0.25, 0.3) is 5.91 Å². The van der Waals surface area contributed by atoms with Crippen LogP contribution in [0.5, 0.6) is 0 Å². The number of rotatable bonds is 4. The largest absolute Gasteiger partial charge is 0.379 e. The van der Waals surface area contributed by atoms with Crippen molar-refractivity contribution >= 4 is 21.7 Å². The summed E-state index contributed by atoms with van der Waals surface area (Å²) >= 11 is 0. The van der Waals surface area contributed by atoms with Gasteiger partial charge in [-0.1, -0.05) is 6.07 Å². The van der Waals surface area contributed by atoms with Gasteiger partial charge in [0.15, 0.2) is 0 Å². The van der Waals surface area contributed by atoms with Crippen molar-refractivity contribution in [2.75, 3.05) is 31.6 Å². The molecule has 0 saturated carbocycles. The molecule has 1 saturated heterocycles. The zero-order valence-corrected chi connectivity index (χ0v) is 14.0. The van der Waals surface area contributed by atoms with Gasteiger partial charge in [-0.3, -0.25) is 4.79 Å². The van der Waals surface area contributed by atoms with E-state index in [1.165, 1.54) is 10.5 Å². The van der Waals surface area contributed by atoms with Crippen molar-refractivity contribution in [3.8, 4) is 0 Å². The number of amides is 1. The third-order valence-electron chi connectivity index (χ3n) is 3.70. The first-order valence-corrected chi connectivity index (χ1v) is 9.02. The van der Waals surface area contributed by atoms with Gasteiger partial charge in [-0.2, -0.15) is 4.31 Å². The number of morpholine rings is 1. The fourth-order valence-electron chi connectivity index (χ4n) is 2.40. The second-order valence-corrected chi connectivity index (χ2v) is 7.27. The van der Waals surface area contributed by atoms with E-state index < -0.39 is 21.7 Å². The van der Waals surface area contributed by atoms with Gasteiger partial charge in [-0.15, -0.1) is 0 Å². The van der Waals surface area contributed by atoms with Crippen LogP contribution in [0.25, 0.3) is 0 Å². The summed E-state index contributed by atoms with van der Waals surface area (Å²) in [5, 5.41) is 2.44. The highest BCUT2D eigenvalue weighted by molar-refractivity contribution is 7.89. The number of nitrogens with one attached hydrogen (secondary N) is 1. The van der Waals surface area contributed by atoms with Crippen molar-refractivity contribution in [1.82, 2.24) is 9.29 Å². The molecule has 1 aromatic heterocycles. The summed E-state index contributed by atoms with van der Waals surface area (Å²) in [7, 11) is -3.82. The lowest BCUT2D eigenvalue weighted by molar-refractivity contribution is 0.0730. The summed E-state index contributed by atoms with van der Waals surface area (Å²) in [6.07, 6.45) is 1.48. The van der Waals surface area contributed by atoms with E-state index in [0.29, 0.717) is 13.2 Å². The quantitative estimate of drug-likeness (QED) is 0.887. The Balaban J connectivity index is 1.88. The lowest BCUT2D eigenvalue weighted by atomic mass is 10.2. The summed E-state index contributed by atoms with van der Waals surface area (Å²) in [6, 6.07) is 8.05. The minimum absolute atomic E-state index is 0.137. The van der Waals surface area contributed by atoms with Gasteiger partial charge in [0.1, 0.15) is 11.6 Å². The highest BCUT2D eigenvalue weighted by Gasteiger charge is 2.27. The molecular formula is C16H16FN3O4S. The lowest BCUT2D eigenvalue weighted by Crippen LogP contribution is -2.40. The molecule has 0 radical (unpaired) electrons. The topological polar surface area (TPSA) is 88.6 Å². The van der Waals surface area contributed by atoms with Gasteiger partial charge >= 0.3 is 0 Å². The summed E-state index contributed by atoms with van der Waals surface area (Å²) < 4.78 is 45.7. The summed E-state index contributed by atoms with van der Waals surface area (Å²) in [4.78, 5) is 16.1. The molecule has 1 aliphatic heterocycles. The van der Waals surface area contributed by atoms with E-state index in [1.807, 2.05) is 0 Å². The van der Waals surface area contributed by atoms with Crippen LogP contribution in [-0.4, -0.2) is 49.9 Å². The maximum atomic E-state index is 14.0. The van der Waals surface area contributed by atoms with Crippen LogP contribution in [0.4, 0.5) is 10.2 Å². The molecule has 0 spiro atoms. The van der Waals surface area contributed by atoms with Crippen molar-refractivity contribution in [2.24, 2.45) is 0 Å². The molecule has 0 unspecified atom stereocenters. The second-order valence-electron chi connectivity index (χ2n) is 5.33. The molecule has 2 aromatic rings. The maximum absolute atomic E-state index is 14.0. The van der Waals surface area contributed by atoms with Gasteiger partial charge in [0, 0.05) is 19.3 Å². The van der Waals surface area contributed by atoms with Crippen LogP contribution in [-0.2, 0) is 14.8 Å². The molecule has 0 aliphatic carbocycles. The number of halogens is 1. The molecule has 1 N–H and O–H groups in total. The molecule has 0 atom stereocenters. The maximum Gasteiger partial charge on any atom is 0.259 e. The van der Waals surface area contributed by atoms with Gasteiger partial charge in [-0.05, 0) is 30.3 Å². The minimum Gasteiger partial charge on any atom is -0.379 e. The van der Waals surface area contributed by atoms with Crippen LogP contribution in [0, 0.1) is 5.82 Å². The number of aromatic nitrogens is 1. The number of benzene rings is 1. The summed E-state index contributed by atoms with van der Waals surface area (Å²) in [6.45, 7) is 1.03. The summed E-state index contributed by atoms with van der Waals surface area (Å²) in [5.41, 5.74) is -0.361. The standard InChI is InChI=1S/C16H16FN3O4S/c17-14-5-4-12(25(22,23)20-7-9-24-10-8-20)11-13(14)16(21)19-15-3-1-2-6-18-15/h1-6,11H,7-10H2,(H,18,19,21). The highest BCUT2D eigenvalue weighted by atomic mass is 32.2. The third-order valence-corrected chi connectivity index (χ3v) is 5.59. The van der Waals surface area contributed by atoms with E-state index in [-0.39, 0.29) is 29.4 Å². The normalized spacial score (nSPS) is 15.7. The number of nitrogens with zero attached hydrogens (tertiary/aromatic N) is 2. The molecule has 1 aliphatic rings. The number of carbonyl (C=O) groups excluding carboxylic acids is 1. The monoisotopic (exact) mass is 365 g/mol. The zero-order chi connectivity index (χ0) is 17.9. The van der Waals surface area contributed by atoms with Gasteiger partial charge in [0.05, 0.1) is 23.7 Å². The third kappa shape index (κ3) is 3.84. The Kier molecular flexibility index (Phi) is 5.07. The number of ether oxygens (including phenoxy) is 1.